The van der Waals surface area contributed by atoms with Crippen molar-refractivity contribution in [2.45, 2.75) is 37.2 Å². The molecular formula is C14H20O6S. The van der Waals surface area contributed by atoms with Crippen molar-refractivity contribution in [3.63, 3.8) is 0 Å². The van der Waals surface area contributed by atoms with Gasteiger partial charge in [0.2, 0.25) is 0 Å². The number of benzene rings is 1. The largest absolute Gasteiger partial charge is 0.396 e. The maximum Gasteiger partial charge on any atom is 0.297 e. The van der Waals surface area contributed by atoms with Gasteiger partial charge in [-0.25, -0.2) is 0 Å². The Hall–Kier alpha value is -0.990. The predicted octanol–water partition coefficient (Wildman–Crippen LogP) is 1.07. The van der Waals surface area contributed by atoms with E-state index in [-0.39, 0.29) is 17.6 Å². The molecule has 0 bridgehead atoms. The Labute approximate surface area is 124 Å². The normalized spacial score (nSPS) is 29.7. The van der Waals surface area contributed by atoms with Crippen LogP contribution in [0.1, 0.15) is 12.5 Å². The van der Waals surface area contributed by atoms with E-state index in [4.69, 9.17) is 13.7 Å². The molecular weight excluding hydrogens is 296 g/mol. The number of methoxy groups -OCH3 is 1. The smallest absolute Gasteiger partial charge is 0.297 e. The van der Waals surface area contributed by atoms with Crippen molar-refractivity contribution in [1.29, 1.82) is 0 Å². The lowest BCUT2D eigenvalue weighted by Crippen LogP contribution is -2.35. The maximum absolute atomic E-state index is 12.3. The van der Waals surface area contributed by atoms with Crippen LogP contribution in [0.4, 0.5) is 0 Å². The van der Waals surface area contributed by atoms with E-state index < -0.39 is 28.4 Å². The Morgan fingerprint density at radius 2 is 1.90 bits per heavy atom. The molecule has 118 valence electrons. The van der Waals surface area contributed by atoms with Gasteiger partial charge in [-0.1, -0.05) is 17.7 Å². The third-order valence-electron chi connectivity index (χ3n) is 3.63. The average molecular weight is 316 g/mol. The lowest BCUT2D eigenvalue weighted by Gasteiger charge is -2.21. The summed E-state index contributed by atoms with van der Waals surface area (Å²) in [6.07, 6.45) is -2.04. The van der Waals surface area contributed by atoms with E-state index in [0.29, 0.717) is 0 Å². The monoisotopic (exact) mass is 316 g/mol. The van der Waals surface area contributed by atoms with Gasteiger partial charge in [-0.3, -0.25) is 4.18 Å². The molecule has 1 fully saturated rings. The van der Waals surface area contributed by atoms with Crippen LogP contribution in [0.2, 0.25) is 0 Å². The van der Waals surface area contributed by atoms with Crippen LogP contribution in [0.3, 0.4) is 0 Å². The second-order valence-electron chi connectivity index (χ2n) is 5.12. The quantitative estimate of drug-likeness (QED) is 0.818. The Morgan fingerprint density at radius 1 is 1.29 bits per heavy atom. The van der Waals surface area contributed by atoms with Gasteiger partial charge in [-0.2, -0.15) is 8.42 Å². The minimum Gasteiger partial charge on any atom is -0.396 e. The lowest BCUT2D eigenvalue weighted by molar-refractivity contribution is -0.139. The fourth-order valence-electron chi connectivity index (χ4n) is 2.32. The van der Waals surface area contributed by atoms with Crippen molar-refractivity contribution in [3.8, 4) is 0 Å². The summed E-state index contributed by atoms with van der Waals surface area (Å²) < 4.78 is 40.5. The molecule has 0 radical (unpaired) electrons. The topological polar surface area (TPSA) is 82.1 Å². The van der Waals surface area contributed by atoms with Crippen molar-refractivity contribution in [3.05, 3.63) is 29.8 Å². The lowest BCUT2D eigenvalue weighted by atomic mass is 10.0. The summed E-state index contributed by atoms with van der Waals surface area (Å²) in [5.41, 5.74) is 0.953. The van der Waals surface area contributed by atoms with E-state index in [1.165, 1.54) is 19.2 Å². The summed E-state index contributed by atoms with van der Waals surface area (Å²) in [4.78, 5) is 0.0687. The molecule has 0 amide bonds. The third-order valence-corrected chi connectivity index (χ3v) is 4.96. The Balaban J connectivity index is 2.23. The van der Waals surface area contributed by atoms with Gasteiger partial charge in [0, 0.05) is 13.0 Å². The van der Waals surface area contributed by atoms with Crippen LogP contribution in [0, 0.1) is 12.8 Å². The molecule has 21 heavy (non-hydrogen) atoms. The highest BCUT2D eigenvalue weighted by Gasteiger charge is 2.45. The van der Waals surface area contributed by atoms with Gasteiger partial charge in [0.1, 0.15) is 6.10 Å². The van der Waals surface area contributed by atoms with Gasteiger partial charge in [0.05, 0.1) is 17.6 Å². The van der Waals surface area contributed by atoms with Crippen molar-refractivity contribution < 1.29 is 27.2 Å². The Morgan fingerprint density at radius 3 is 2.43 bits per heavy atom. The Kier molecular flexibility index (Phi) is 5.00. The highest BCUT2D eigenvalue weighted by atomic mass is 32.2. The summed E-state index contributed by atoms with van der Waals surface area (Å²) in [5.74, 6) is -0.463. The van der Waals surface area contributed by atoms with Crippen LogP contribution in [-0.4, -0.2) is 45.7 Å². The number of aryl methyl sites for hydroxylation is 1. The highest BCUT2D eigenvalue weighted by Crippen LogP contribution is 2.32. The van der Waals surface area contributed by atoms with E-state index in [1.54, 1.807) is 19.1 Å². The number of ether oxygens (including phenoxy) is 2. The fraction of sp³-hybridized carbons (Fsp3) is 0.571. The summed E-state index contributed by atoms with van der Waals surface area (Å²) in [7, 11) is -2.53. The third kappa shape index (κ3) is 3.44. The molecule has 4 atom stereocenters. The van der Waals surface area contributed by atoms with Crippen LogP contribution in [-0.2, 0) is 23.8 Å². The predicted molar refractivity (Wildman–Crippen MR) is 75.2 cm³/mol. The zero-order valence-electron chi connectivity index (χ0n) is 12.2. The molecule has 6 nitrogen and oxygen atoms in total. The molecule has 7 heteroatoms. The first kappa shape index (κ1) is 16.4. The van der Waals surface area contributed by atoms with Crippen LogP contribution < -0.4 is 0 Å². The van der Waals surface area contributed by atoms with Gasteiger partial charge in [0.25, 0.3) is 10.1 Å². The van der Waals surface area contributed by atoms with E-state index in [1.807, 2.05) is 6.92 Å². The minimum absolute atomic E-state index is 0.0687. The zero-order valence-corrected chi connectivity index (χ0v) is 13.0. The Bertz CT molecular complexity index is 568. The van der Waals surface area contributed by atoms with E-state index >= 15 is 0 Å². The van der Waals surface area contributed by atoms with Gasteiger partial charge >= 0.3 is 0 Å². The molecule has 0 unspecified atom stereocenters. The van der Waals surface area contributed by atoms with E-state index in [2.05, 4.69) is 0 Å². The molecule has 1 aromatic rings. The minimum atomic E-state index is -3.94. The standard InChI is InChI=1S/C14H20O6S/c1-9-4-6-11(7-5-9)21(16,17)20-13-12(8-15)10(2)19-14(13)18-3/h4-7,10,12-15H,8H2,1-3H3/t10-,12+,13-,14+/m1/s1. The van der Waals surface area contributed by atoms with Crippen molar-refractivity contribution in [2.24, 2.45) is 5.92 Å². The fourth-order valence-corrected chi connectivity index (χ4v) is 3.43. The molecule has 0 spiro atoms. The SMILES string of the molecule is CO[C@H]1O[C@H](C)[C@H](CO)[C@H]1OS(=O)(=O)c1ccc(C)cc1. The van der Waals surface area contributed by atoms with Crippen molar-refractivity contribution in [1.82, 2.24) is 0 Å². The number of aliphatic hydroxyl groups excluding tert-OH is 1. The van der Waals surface area contributed by atoms with Crippen LogP contribution in [0.5, 0.6) is 0 Å². The number of aliphatic hydroxyl groups is 1. The molecule has 1 saturated heterocycles. The molecule has 1 aliphatic heterocycles. The van der Waals surface area contributed by atoms with Gasteiger partial charge in [-0.05, 0) is 26.0 Å². The van der Waals surface area contributed by atoms with E-state index in [9.17, 15) is 13.5 Å². The highest BCUT2D eigenvalue weighted by molar-refractivity contribution is 7.86. The number of hydrogen-bond donors (Lipinski definition) is 1. The average Bonchev–Trinajstić information content (AvgIpc) is 2.74. The van der Waals surface area contributed by atoms with Crippen LogP contribution in [0.15, 0.2) is 29.2 Å². The molecule has 0 saturated carbocycles. The van der Waals surface area contributed by atoms with Gasteiger partial charge in [0.15, 0.2) is 6.29 Å². The van der Waals surface area contributed by atoms with Crippen molar-refractivity contribution in [2.75, 3.05) is 13.7 Å². The summed E-state index contributed by atoms with van der Waals surface area (Å²) in [6.45, 7) is 3.37. The second kappa shape index (κ2) is 6.41. The van der Waals surface area contributed by atoms with Crippen LogP contribution >= 0.6 is 0 Å². The number of rotatable bonds is 5. The first-order valence-electron chi connectivity index (χ1n) is 6.68. The maximum atomic E-state index is 12.3. The molecule has 1 aliphatic rings. The first-order chi connectivity index (χ1) is 9.89. The molecule has 0 aromatic heterocycles. The van der Waals surface area contributed by atoms with E-state index in [0.717, 1.165) is 5.56 Å². The summed E-state index contributed by atoms with van der Waals surface area (Å²) in [5, 5.41) is 9.41. The first-order valence-corrected chi connectivity index (χ1v) is 8.09. The molecule has 0 aliphatic carbocycles. The van der Waals surface area contributed by atoms with Crippen molar-refractivity contribution >= 4 is 10.1 Å². The van der Waals surface area contributed by atoms with Crippen LogP contribution in [0.25, 0.3) is 0 Å². The molecule has 1 N–H and O–H groups in total. The second-order valence-corrected chi connectivity index (χ2v) is 6.69. The van der Waals surface area contributed by atoms with Gasteiger partial charge in [-0.15, -0.1) is 0 Å². The summed E-state index contributed by atoms with van der Waals surface area (Å²) >= 11 is 0. The summed E-state index contributed by atoms with van der Waals surface area (Å²) in [6, 6.07) is 6.36. The number of hydrogen-bond acceptors (Lipinski definition) is 6. The molecule has 1 heterocycles. The molecule has 2 rings (SSSR count). The zero-order chi connectivity index (χ0) is 15.6. The van der Waals surface area contributed by atoms with Gasteiger partial charge < -0.3 is 14.6 Å². The molecule has 1 aromatic carbocycles.